The number of aryl methyl sites for hydroxylation is 1. The second-order valence-corrected chi connectivity index (χ2v) is 7.69. The molecule has 2 amide bonds. The fourth-order valence-electron chi connectivity index (χ4n) is 3.25. The average molecular weight is 430 g/mol. The number of halogens is 1. The van der Waals surface area contributed by atoms with Crippen LogP contribution in [0.15, 0.2) is 46.9 Å². The molecule has 2 aromatic rings. The molecule has 6 heteroatoms. The van der Waals surface area contributed by atoms with E-state index < -0.39 is 0 Å². The van der Waals surface area contributed by atoms with Gasteiger partial charge in [-0.05, 0) is 55.3 Å². The molecule has 1 heterocycles. The number of carbonyl (C=O) groups is 2. The predicted molar refractivity (Wildman–Crippen MR) is 111 cm³/mol. The fraction of sp³-hybridized carbons (Fsp3) is 0.333. The van der Waals surface area contributed by atoms with Crippen molar-refractivity contribution in [1.82, 2.24) is 10.2 Å². The molecular weight excluding hydrogens is 406 g/mol. The van der Waals surface area contributed by atoms with Crippen LogP contribution in [0.3, 0.4) is 0 Å². The van der Waals surface area contributed by atoms with E-state index in [2.05, 4.69) is 58.2 Å². The summed E-state index contributed by atoms with van der Waals surface area (Å²) in [7, 11) is 0. The highest BCUT2D eigenvalue weighted by Gasteiger charge is 2.22. The molecule has 0 aliphatic carbocycles. The standard InChI is InChI=1S/C21H24BrN3O2/c1-15-4-3-5-19(16(15)2)24-10-12-25(13-11-24)20(26)14-23-21(27)17-6-8-18(22)9-7-17/h3-9H,10-14H2,1-2H3,(H,23,27). The molecule has 1 fully saturated rings. The molecule has 1 aliphatic heterocycles. The molecule has 27 heavy (non-hydrogen) atoms. The lowest BCUT2D eigenvalue weighted by Gasteiger charge is -2.37. The van der Waals surface area contributed by atoms with Crippen LogP contribution in [0, 0.1) is 13.8 Å². The van der Waals surface area contributed by atoms with E-state index in [1.165, 1.54) is 16.8 Å². The molecule has 0 aromatic heterocycles. The number of nitrogens with zero attached hydrogens (tertiary/aromatic N) is 2. The summed E-state index contributed by atoms with van der Waals surface area (Å²) in [5.74, 6) is -0.272. The lowest BCUT2D eigenvalue weighted by molar-refractivity contribution is -0.130. The van der Waals surface area contributed by atoms with Gasteiger partial charge in [0.05, 0.1) is 6.54 Å². The van der Waals surface area contributed by atoms with Crippen molar-refractivity contribution in [2.75, 3.05) is 37.6 Å². The van der Waals surface area contributed by atoms with Crippen molar-refractivity contribution in [2.45, 2.75) is 13.8 Å². The number of rotatable bonds is 4. The van der Waals surface area contributed by atoms with Crippen molar-refractivity contribution < 1.29 is 9.59 Å². The molecule has 142 valence electrons. The minimum absolute atomic E-state index is 0.0262. The van der Waals surface area contributed by atoms with Gasteiger partial charge in [-0.15, -0.1) is 0 Å². The summed E-state index contributed by atoms with van der Waals surface area (Å²) in [6.45, 7) is 7.22. The van der Waals surface area contributed by atoms with Crippen molar-refractivity contribution >= 4 is 33.4 Å². The van der Waals surface area contributed by atoms with Gasteiger partial charge in [0.25, 0.3) is 5.91 Å². The second-order valence-electron chi connectivity index (χ2n) is 6.78. The van der Waals surface area contributed by atoms with Gasteiger partial charge in [-0.25, -0.2) is 0 Å². The van der Waals surface area contributed by atoms with Gasteiger partial charge in [0.15, 0.2) is 0 Å². The minimum Gasteiger partial charge on any atom is -0.368 e. The van der Waals surface area contributed by atoms with E-state index in [4.69, 9.17) is 0 Å². The molecular formula is C21H24BrN3O2. The summed E-state index contributed by atoms with van der Waals surface area (Å²) in [6, 6.07) is 13.4. The van der Waals surface area contributed by atoms with Gasteiger partial charge in [-0.3, -0.25) is 9.59 Å². The number of amides is 2. The third-order valence-corrected chi connectivity index (χ3v) is 5.58. The molecule has 0 saturated carbocycles. The molecule has 1 aliphatic rings. The minimum atomic E-state index is -0.232. The van der Waals surface area contributed by atoms with Gasteiger partial charge >= 0.3 is 0 Å². The van der Waals surface area contributed by atoms with E-state index >= 15 is 0 Å². The first-order valence-corrected chi connectivity index (χ1v) is 9.87. The Labute approximate surface area is 168 Å². The van der Waals surface area contributed by atoms with Gasteiger partial charge in [-0.1, -0.05) is 28.1 Å². The molecule has 0 unspecified atom stereocenters. The average Bonchev–Trinajstić information content (AvgIpc) is 2.68. The molecule has 5 nitrogen and oxygen atoms in total. The van der Waals surface area contributed by atoms with Gasteiger partial charge in [0, 0.05) is 41.9 Å². The Morgan fingerprint density at radius 3 is 2.33 bits per heavy atom. The number of hydrogen-bond acceptors (Lipinski definition) is 3. The highest BCUT2D eigenvalue weighted by atomic mass is 79.9. The summed E-state index contributed by atoms with van der Waals surface area (Å²) < 4.78 is 0.914. The first-order chi connectivity index (χ1) is 13.0. The summed E-state index contributed by atoms with van der Waals surface area (Å²) in [5.41, 5.74) is 4.36. The highest BCUT2D eigenvalue weighted by molar-refractivity contribution is 9.10. The summed E-state index contributed by atoms with van der Waals surface area (Å²) in [6.07, 6.45) is 0. The Morgan fingerprint density at radius 2 is 1.67 bits per heavy atom. The smallest absolute Gasteiger partial charge is 0.251 e. The Morgan fingerprint density at radius 1 is 1.00 bits per heavy atom. The molecule has 1 N–H and O–H groups in total. The molecule has 0 bridgehead atoms. The maximum absolute atomic E-state index is 12.4. The Bertz CT molecular complexity index is 828. The van der Waals surface area contributed by atoms with Gasteiger partial charge in [-0.2, -0.15) is 0 Å². The van der Waals surface area contributed by atoms with Crippen molar-refractivity contribution in [3.8, 4) is 0 Å². The predicted octanol–water partition coefficient (Wildman–Crippen LogP) is 3.14. The van der Waals surface area contributed by atoms with Crippen molar-refractivity contribution in [3.05, 3.63) is 63.6 Å². The van der Waals surface area contributed by atoms with E-state index in [1.54, 1.807) is 12.1 Å². The largest absolute Gasteiger partial charge is 0.368 e. The van der Waals surface area contributed by atoms with Crippen LogP contribution in [0.4, 0.5) is 5.69 Å². The number of benzene rings is 2. The quantitative estimate of drug-likeness (QED) is 0.811. The van der Waals surface area contributed by atoms with E-state index in [9.17, 15) is 9.59 Å². The molecule has 1 saturated heterocycles. The molecule has 0 radical (unpaired) electrons. The third kappa shape index (κ3) is 4.69. The zero-order chi connectivity index (χ0) is 19.4. The van der Waals surface area contributed by atoms with Crippen LogP contribution in [0.2, 0.25) is 0 Å². The Hall–Kier alpha value is -2.34. The van der Waals surface area contributed by atoms with Crippen LogP contribution in [0.25, 0.3) is 0 Å². The van der Waals surface area contributed by atoms with Crippen molar-refractivity contribution in [2.24, 2.45) is 0 Å². The number of nitrogens with one attached hydrogen (secondary N) is 1. The van der Waals surface area contributed by atoms with E-state index in [1.807, 2.05) is 17.0 Å². The zero-order valence-corrected chi connectivity index (χ0v) is 17.3. The normalized spacial score (nSPS) is 14.2. The molecule has 0 spiro atoms. The topological polar surface area (TPSA) is 52.6 Å². The number of piperazine rings is 1. The van der Waals surface area contributed by atoms with Crippen LogP contribution in [0.5, 0.6) is 0 Å². The monoisotopic (exact) mass is 429 g/mol. The molecule has 3 rings (SSSR count). The van der Waals surface area contributed by atoms with E-state index in [0.29, 0.717) is 18.7 Å². The number of carbonyl (C=O) groups excluding carboxylic acids is 2. The third-order valence-electron chi connectivity index (χ3n) is 5.06. The lowest BCUT2D eigenvalue weighted by Crippen LogP contribution is -2.51. The number of anilines is 1. The van der Waals surface area contributed by atoms with Gasteiger partial charge < -0.3 is 15.1 Å². The van der Waals surface area contributed by atoms with Crippen LogP contribution >= 0.6 is 15.9 Å². The van der Waals surface area contributed by atoms with Crippen molar-refractivity contribution in [3.63, 3.8) is 0 Å². The summed E-state index contributed by atoms with van der Waals surface area (Å²) >= 11 is 3.34. The maximum atomic E-state index is 12.4. The second kappa shape index (κ2) is 8.57. The van der Waals surface area contributed by atoms with Crippen LogP contribution < -0.4 is 10.2 Å². The van der Waals surface area contributed by atoms with E-state index in [-0.39, 0.29) is 18.4 Å². The first kappa shape index (κ1) is 19.4. The SMILES string of the molecule is Cc1cccc(N2CCN(C(=O)CNC(=O)c3ccc(Br)cc3)CC2)c1C. The molecule has 0 atom stereocenters. The van der Waals surface area contributed by atoms with E-state index in [0.717, 1.165) is 17.6 Å². The Balaban J connectivity index is 1.50. The maximum Gasteiger partial charge on any atom is 0.251 e. The Kier molecular flexibility index (Phi) is 6.16. The van der Waals surface area contributed by atoms with Crippen LogP contribution in [0.1, 0.15) is 21.5 Å². The van der Waals surface area contributed by atoms with Crippen LogP contribution in [-0.2, 0) is 4.79 Å². The highest BCUT2D eigenvalue weighted by Crippen LogP contribution is 2.23. The van der Waals surface area contributed by atoms with Gasteiger partial charge in [0.1, 0.15) is 0 Å². The van der Waals surface area contributed by atoms with Crippen molar-refractivity contribution in [1.29, 1.82) is 0 Å². The first-order valence-electron chi connectivity index (χ1n) is 9.08. The summed E-state index contributed by atoms with van der Waals surface area (Å²) in [4.78, 5) is 28.7. The molecule has 2 aromatic carbocycles. The van der Waals surface area contributed by atoms with Gasteiger partial charge in [0.2, 0.25) is 5.91 Å². The zero-order valence-electron chi connectivity index (χ0n) is 15.7. The van der Waals surface area contributed by atoms with Crippen LogP contribution in [-0.4, -0.2) is 49.4 Å². The lowest BCUT2D eigenvalue weighted by atomic mass is 10.1. The number of hydrogen-bond donors (Lipinski definition) is 1. The fourth-order valence-corrected chi connectivity index (χ4v) is 3.51. The summed E-state index contributed by atoms with van der Waals surface area (Å²) in [5, 5.41) is 2.72.